The Morgan fingerprint density at radius 2 is 2.36 bits per heavy atom. The number of aromatic amines is 1. The van der Waals surface area contributed by atoms with Crippen molar-refractivity contribution in [2.24, 2.45) is 5.73 Å². The van der Waals surface area contributed by atoms with E-state index in [1.807, 2.05) is 6.07 Å². The van der Waals surface area contributed by atoms with E-state index >= 15 is 0 Å². The first-order chi connectivity index (χ1) is 6.83. The van der Waals surface area contributed by atoms with Crippen LogP contribution in [-0.2, 0) is 6.42 Å². The van der Waals surface area contributed by atoms with E-state index in [1.165, 1.54) is 5.56 Å². The number of H-pyrrole nitrogens is 1. The third-order valence-electron chi connectivity index (χ3n) is 2.19. The van der Waals surface area contributed by atoms with Crippen LogP contribution in [0.15, 0.2) is 24.8 Å². The molecule has 3 heteroatoms. The standard InChI is InChI=1S/C11H13N3/c1-2-11-13-9-4-3-8(5-6-12)7-10(9)14-11/h2-4,7H,1,5-6,12H2,(H,13,14). The molecule has 1 heterocycles. The molecule has 2 rings (SSSR count). The zero-order valence-electron chi connectivity index (χ0n) is 7.96. The fourth-order valence-corrected chi connectivity index (χ4v) is 1.50. The van der Waals surface area contributed by atoms with E-state index in [4.69, 9.17) is 5.73 Å². The van der Waals surface area contributed by atoms with Gasteiger partial charge < -0.3 is 10.7 Å². The van der Waals surface area contributed by atoms with Gasteiger partial charge in [0.25, 0.3) is 0 Å². The predicted molar refractivity (Wildman–Crippen MR) is 58.9 cm³/mol. The minimum Gasteiger partial charge on any atom is -0.338 e. The molecule has 0 unspecified atom stereocenters. The summed E-state index contributed by atoms with van der Waals surface area (Å²) in [5.74, 6) is 0.810. The molecule has 0 spiro atoms. The van der Waals surface area contributed by atoms with Gasteiger partial charge in [-0.1, -0.05) is 12.6 Å². The topological polar surface area (TPSA) is 54.7 Å². The summed E-state index contributed by atoms with van der Waals surface area (Å²) in [6.45, 7) is 4.35. The Hall–Kier alpha value is -1.61. The fraction of sp³-hybridized carbons (Fsp3) is 0.182. The van der Waals surface area contributed by atoms with Gasteiger partial charge in [0.1, 0.15) is 5.82 Å². The maximum absolute atomic E-state index is 5.49. The van der Waals surface area contributed by atoms with E-state index in [2.05, 4.69) is 28.7 Å². The van der Waals surface area contributed by atoms with Gasteiger partial charge in [0.15, 0.2) is 0 Å². The Morgan fingerprint density at radius 3 is 3.07 bits per heavy atom. The Labute approximate surface area is 82.7 Å². The van der Waals surface area contributed by atoms with Crippen molar-refractivity contribution < 1.29 is 0 Å². The quantitative estimate of drug-likeness (QED) is 0.768. The molecule has 3 nitrogen and oxygen atoms in total. The molecule has 0 aliphatic heterocycles. The summed E-state index contributed by atoms with van der Waals surface area (Å²) in [7, 11) is 0. The van der Waals surface area contributed by atoms with Gasteiger partial charge in [-0.05, 0) is 36.7 Å². The van der Waals surface area contributed by atoms with Gasteiger partial charge in [0.05, 0.1) is 11.0 Å². The molecule has 0 aliphatic rings. The zero-order valence-corrected chi connectivity index (χ0v) is 7.96. The van der Waals surface area contributed by atoms with E-state index < -0.39 is 0 Å². The van der Waals surface area contributed by atoms with Gasteiger partial charge in [0, 0.05) is 0 Å². The average molecular weight is 187 g/mol. The van der Waals surface area contributed by atoms with E-state index in [9.17, 15) is 0 Å². The van der Waals surface area contributed by atoms with Crippen LogP contribution in [0, 0.1) is 0 Å². The summed E-state index contributed by atoms with van der Waals surface area (Å²) in [6.07, 6.45) is 2.61. The van der Waals surface area contributed by atoms with Crippen LogP contribution in [0.5, 0.6) is 0 Å². The SMILES string of the molecule is C=Cc1nc2ccc(CCN)cc2[nH]1. The van der Waals surface area contributed by atoms with Gasteiger partial charge in [-0.25, -0.2) is 4.98 Å². The molecule has 1 aromatic heterocycles. The van der Waals surface area contributed by atoms with Crippen molar-refractivity contribution in [3.63, 3.8) is 0 Å². The van der Waals surface area contributed by atoms with Crippen molar-refractivity contribution in [3.05, 3.63) is 36.2 Å². The van der Waals surface area contributed by atoms with Crippen molar-refractivity contribution in [2.45, 2.75) is 6.42 Å². The van der Waals surface area contributed by atoms with Crippen molar-refractivity contribution in [1.29, 1.82) is 0 Å². The molecule has 0 saturated carbocycles. The lowest BCUT2D eigenvalue weighted by molar-refractivity contribution is 0.970. The average Bonchev–Trinajstić information content (AvgIpc) is 2.60. The number of nitrogens with two attached hydrogens (primary N) is 1. The number of hydrogen-bond donors (Lipinski definition) is 2. The van der Waals surface area contributed by atoms with Gasteiger partial charge in [0.2, 0.25) is 0 Å². The van der Waals surface area contributed by atoms with E-state index in [1.54, 1.807) is 6.08 Å². The number of imidazole rings is 1. The fourth-order valence-electron chi connectivity index (χ4n) is 1.50. The van der Waals surface area contributed by atoms with Gasteiger partial charge in [-0.15, -0.1) is 0 Å². The number of hydrogen-bond acceptors (Lipinski definition) is 2. The lowest BCUT2D eigenvalue weighted by Gasteiger charge is -1.96. The molecule has 2 aromatic rings. The maximum Gasteiger partial charge on any atom is 0.130 e. The molecule has 0 amide bonds. The third kappa shape index (κ3) is 1.54. The van der Waals surface area contributed by atoms with Crippen LogP contribution < -0.4 is 5.73 Å². The number of aromatic nitrogens is 2. The first kappa shape index (κ1) is 8.97. The summed E-state index contributed by atoms with van der Waals surface area (Å²) in [6, 6.07) is 6.15. The molecule has 1 aromatic carbocycles. The summed E-state index contributed by atoms with van der Waals surface area (Å²) < 4.78 is 0. The number of nitrogens with zero attached hydrogens (tertiary/aromatic N) is 1. The van der Waals surface area contributed by atoms with Gasteiger partial charge in [-0.3, -0.25) is 0 Å². The Balaban J connectivity index is 2.48. The second kappa shape index (κ2) is 3.64. The van der Waals surface area contributed by atoms with Crippen LogP contribution in [0.2, 0.25) is 0 Å². The normalized spacial score (nSPS) is 10.6. The summed E-state index contributed by atoms with van der Waals surface area (Å²) >= 11 is 0. The highest BCUT2D eigenvalue weighted by Gasteiger charge is 2.00. The van der Waals surface area contributed by atoms with E-state index in [0.29, 0.717) is 6.54 Å². The van der Waals surface area contributed by atoms with Crippen LogP contribution in [0.25, 0.3) is 17.1 Å². The van der Waals surface area contributed by atoms with Crippen molar-refractivity contribution in [2.75, 3.05) is 6.54 Å². The van der Waals surface area contributed by atoms with Gasteiger partial charge in [-0.2, -0.15) is 0 Å². The molecule has 0 aliphatic carbocycles. The molecule has 14 heavy (non-hydrogen) atoms. The summed E-state index contributed by atoms with van der Waals surface area (Å²) in [5.41, 5.74) is 8.75. The summed E-state index contributed by atoms with van der Waals surface area (Å²) in [5, 5.41) is 0. The zero-order chi connectivity index (χ0) is 9.97. The Bertz CT molecular complexity index is 457. The number of benzene rings is 1. The van der Waals surface area contributed by atoms with Crippen molar-refractivity contribution in [1.82, 2.24) is 9.97 Å². The van der Waals surface area contributed by atoms with Crippen LogP contribution in [-0.4, -0.2) is 16.5 Å². The van der Waals surface area contributed by atoms with E-state index in [-0.39, 0.29) is 0 Å². The number of nitrogens with one attached hydrogen (secondary N) is 1. The largest absolute Gasteiger partial charge is 0.338 e. The number of fused-ring (bicyclic) bond motifs is 1. The monoisotopic (exact) mass is 187 g/mol. The van der Waals surface area contributed by atoms with Crippen LogP contribution in [0.1, 0.15) is 11.4 Å². The van der Waals surface area contributed by atoms with Crippen molar-refractivity contribution in [3.8, 4) is 0 Å². The number of rotatable bonds is 3. The molecule has 3 N–H and O–H groups in total. The molecule has 0 saturated heterocycles. The van der Waals surface area contributed by atoms with Crippen LogP contribution >= 0.6 is 0 Å². The highest BCUT2D eigenvalue weighted by Crippen LogP contribution is 2.14. The molecule has 0 fully saturated rings. The maximum atomic E-state index is 5.49. The summed E-state index contributed by atoms with van der Waals surface area (Å²) in [4.78, 5) is 7.50. The molecule has 0 atom stereocenters. The lowest BCUT2D eigenvalue weighted by atomic mass is 10.1. The molecular formula is C11H13N3. The second-order valence-corrected chi connectivity index (χ2v) is 3.22. The highest BCUT2D eigenvalue weighted by molar-refractivity contribution is 5.77. The molecule has 72 valence electrons. The van der Waals surface area contributed by atoms with E-state index in [0.717, 1.165) is 23.3 Å². The Morgan fingerprint density at radius 1 is 1.50 bits per heavy atom. The lowest BCUT2D eigenvalue weighted by Crippen LogP contribution is -2.02. The van der Waals surface area contributed by atoms with Crippen LogP contribution in [0.3, 0.4) is 0 Å². The first-order valence-corrected chi connectivity index (χ1v) is 4.64. The smallest absolute Gasteiger partial charge is 0.130 e. The minimum absolute atomic E-state index is 0.675. The highest BCUT2D eigenvalue weighted by atomic mass is 14.9. The molecular weight excluding hydrogens is 174 g/mol. The third-order valence-corrected chi connectivity index (χ3v) is 2.19. The van der Waals surface area contributed by atoms with Crippen LogP contribution in [0.4, 0.5) is 0 Å². The minimum atomic E-state index is 0.675. The van der Waals surface area contributed by atoms with Gasteiger partial charge >= 0.3 is 0 Å². The molecule has 0 bridgehead atoms. The Kier molecular flexibility index (Phi) is 2.33. The predicted octanol–water partition coefficient (Wildman–Crippen LogP) is 1.71. The van der Waals surface area contributed by atoms with Crippen molar-refractivity contribution >= 4 is 17.1 Å². The second-order valence-electron chi connectivity index (χ2n) is 3.22. The molecule has 0 radical (unpaired) electrons. The first-order valence-electron chi connectivity index (χ1n) is 4.64.